The zero-order valence-corrected chi connectivity index (χ0v) is 15.5. The molecule has 1 aromatic heterocycles. The number of ether oxygens (including phenoxy) is 1. The monoisotopic (exact) mass is 369 g/mol. The van der Waals surface area contributed by atoms with E-state index in [-0.39, 0.29) is 5.56 Å². The van der Waals surface area contributed by atoms with Crippen LogP contribution in [-0.2, 0) is 18.5 Å². The molecule has 2 aromatic rings. The molecule has 140 valence electrons. The zero-order valence-electron chi connectivity index (χ0n) is 15.5. The molecule has 4 radical (unpaired) electrons. The van der Waals surface area contributed by atoms with Crippen LogP contribution in [0.4, 0.5) is 8.78 Å². The molecule has 0 aliphatic heterocycles. The van der Waals surface area contributed by atoms with Gasteiger partial charge in [0.05, 0.1) is 11.1 Å². The Morgan fingerprint density at radius 1 is 1.22 bits per heavy atom. The van der Waals surface area contributed by atoms with Gasteiger partial charge >= 0.3 is 0 Å². The second kappa shape index (κ2) is 8.46. The number of hydrogen-bond donors (Lipinski definition) is 1. The van der Waals surface area contributed by atoms with E-state index in [1.54, 1.807) is 10.7 Å². The van der Waals surface area contributed by atoms with E-state index < -0.39 is 17.0 Å². The number of halogens is 2. The Hall–Kier alpha value is -1.82. The smallest absolute Gasteiger partial charge is 0.211 e. The van der Waals surface area contributed by atoms with E-state index in [1.807, 2.05) is 7.05 Å². The molecule has 1 fully saturated rings. The molecule has 4 nitrogen and oxygen atoms in total. The highest BCUT2D eigenvalue weighted by Gasteiger charge is 2.28. The third kappa shape index (κ3) is 4.92. The highest BCUT2D eigenvalue weighted by atomic mass is 19.1. The quantitative estimate of drug-likeness (QED) is 0.763. The van der Waals surface area contributed by atoms with E-state index in [9.17, 15) is 8.78 Å². The Morgan fingerprint density at radius 2 is 1.96 bits per heavy atom. The van der Waals surface area contributed by atoms with Gasteiger partial charge in [0.15, 0.2) is 0 Å². The third-order valence-corrected chi connectivity index (χ3v) is 4.93. The minimum Gasteiger partial charge on any atom is -0.487 e. The summed E-state index contributed by atoms with van der Waals surface area (Å²) in [5.74, 6) is -0.518. The largest absolute Gasteiger partial charge is 0.487 e. The van der Waals surface area contributed by atoms with Crippen LogP contribution in [0.3, 0.4) is 0 Å². The first-order valence-corrected chi connectivity index (χ1v) is 9.32. The maximum atomic E-state index is 14.1. The van der Waals surface area contributed by atoms with Gasteiger partial charge in [0.25, 0.3) is 0 Å². The Morgan fingerprint density at radius 3 is 2.67 bits per heavy atom. The molecule has 8 heteroatoms. The number of hydrogen-bond acceptors (Lipinski definition) is 3. The number of nitrogens with zero attached hydrogens (tertiary/aromatic N) is 2. The fraction of sp³-hybridized carbons (Fsp3) is 0.526. The van der Waals surface area contributed by atoms with Crippen molar-refractivity contribution in [3.63, 3.8) is 0 Å². The average molecular weight is 369 g/mol. The molecule has 0 unspecified atom stereocenters. The molecule has 1 aromatic carbocycles. The van der Waals surface area contributed by atoms with Crippen molar-refractivity contribution in [3.8, 4) is 5.88 Å². The Kier molecular flexibility index (Phi) is 6.25. The maximum absolute atomic E-state index is 14.1. The minimum atomic E-state index is -2.02. The first-order valence-electron chi connectivity index (χ1n) is 9.32. The lowest BCUT2D eigenvalue weighted by atomic mass is 9.61. The number of rotatable bonds is 7. The van der Waals surface area contributed by atoms with Crippen molar-refractivity contribution in [2.75, 3.05) is 7.05 Å². The van der Waals surface area contributed by atoms with Gasteiger partial charge in [-0.25, -0.2) is 13.5 Å². The molecule has 1 aliphatic carbocycles. The van der Waals surface area contributed by atoms with Crippen LogP contribution >= 0.6 is 0 Å². The van der Waals surface area contributed by atoms with E-state index in [4.69, 9.17) is 20.4 Å². The Labute approximate surface area is 161 Å². The van der Waals surface area contributed by atoms with Crippen LogP contribution in [-0.4, -0.2) is 32.5 Å². The van der Waals surface area contributed by atoms with E-state index in [0.717, 1.165) is 36.7 Å². The van der Waals surface area contributed by atoms with Gasteiger partial charge in [0.2, 0.25) is 5.88 Å². The predicted octanol–water partition coefficient (Wildman–Crippen LogP) is 2.99. The van der Waals surface area contributed by atoms with E-state index in [2.05, 4.69) is 10.4 Å². The third-order valence-electron chi connectivity index (χ3n) is 4.93. The van der Waals surface area contributed by atoms with Crippen molar-refractivity contribution in [3.05, 3.63) is 47.2 Å². The molecular weight excluding hydrogens is 346 g/mol. The fourth-order valence-electron chi connectivity index (χ4n) is 3.57. The molecule has 0 bridgehead atoms. The summed E-state index contributed by atoms with van der Waals surface area (Å²) in [6, 6.07) is 4.66. The lowest BCUT2D eigenvalue weighted by molar-refractivity contribution is 0.201. The van der Waals surface area contributed by atoms with Crippen LogP contribution in [0.2, 0.25) is 0 Å². The minimum absolute atomic E-state index is 0.247. The highest BCUT2D eigenvalue weighted by molar-refractivity contribution is 6.39. The first kappa shape index (κ1) is 19.9. The summed E-state index contributed by atoms with van der Waals surface area (Å²) in [6.07, 6.45) is 5.94. The Balaban J connectivity index is 1.86. The van der Waals surface area contributed by atoms with Crippen molar-refractivity contribution in [1.82, 2.24) is 15.1 Å². The van der Waals surface area contributed by atoms with Gasteiger partial charge in [0, 0.05) is 24.7 Å². The van der Waals surface area contributed by atoms with E-state index in [1.165, 1.54) is 19.3 Å². The van der Waals surface area contributed by atoms with Gasteiger partial charge in [-0.05, 0) is 44.0 Å². The van der Waals surface area contributed by atoms with Gasteiger partial charge in [-0.3, -0.25) is 0 Å². The van der Waals surface area contributed by atoms with E-state index >= 15 is 0 Å². The second-order valence-electron chi connectivity index (χ2n) is 7.21. The van der Waals surface area contributed by atoms with Gasteiger partial charge in [0.1, 0.15) is 27.3 Å². The zero-order chi connectivity index (χ0) is 19.4. The lowest BCUT2D eigenvalue weighted by Gasteiger charge is -2.30. The van der Waals surface area contributed by atoms with Crippen LogP contribution < -0.4 is 10.1 Å². The molecule has 1 heterocycles. The summed E-state index contributed by atoms with van der Waals surface area (Å²) in [6.45, 7) is 1.23. The van der Waals surface area contributed by atoms with Gasteiger partial charge < -0.3 is 10.1 Å². The second-order valence-corrected chi connectivity index (χ2v) is 7.21. The van der Waals surface area contributed by atoms with E-state index in [0.29, 0.717) is 24.9 Å². The topological polar surface area (TPSA) is 39.1 Å². The van der Waals surface area contributed by atoms with Crippen molar-refractivity contribution >= 4 is 15.7 Å². The average Bonchev–Trinajstić information content (AvgIpc) is 2.98. The van der Waals surface area contributed by atoms with Crippen LogP contribution in [0.15, 0.2) is 24.3 Å². The van der Waals surface area contributed by atoms with Crippen molar-refractivity contribution in [2.45, 2.75) is 50.6 Å². The van der Waals surface area contributed by atoms with Crippen molar-refractivity contribution in [1.29, 1.82) is 0 Å². The lowest BCUT2D eigenvalue weighted by Crippen LogP contribution is -2.36. The summed E-state index contributed by atoms with van der Waals surface area (Å²) in [5, 5.41) is 5.58. The van der Waals surface area contributed by atoms with Crippen LogP contribution in [0.1, 0.15) is 43.4 Å². The number of aromatic nitrogens is 2. The molecule has 0 saturated heterocycles. The molecule has 1 N–H and O–H groups in total. The summed E-state index contributed by atoms with van der Waals surface area (Å²) >= 11 is 0. The van der Waals surface area contributed by atoms with Crippen LogP contribution in [0.25, 0.3) is 0 Å². The predicted molar refractivity (Wildman–Crippen MR) is 102 cm³/mol. The normalized spacial score (nSPS) is 15.8. The summed E-state index contributed by atoms with van der Waals surface area (Å²) in [5.41, 5.74) is 0.516. The molecule has 0 amide bonds. The number of benzene rings is 1. The molecule has 3 rings (SSSR count). The SMILES string of the molecule is [B]C([B])(Oc1cc(CNC)nn1CC1CCCCC1)c1cc(F)ccc1F. The summed E-state index contributed by atoms with van der Waals surface area (Å²) in [7, 11) is 13.9. The molecule has 27 heavy (non-hydrogen) atoms. The molecule has 1 saturated carbocycles. The molecule has 1 aliphatic rings. The van der Waals surface area contributed by atoms with Gasteiger partial charge in [-0.2, -0.15) is 5.10 Å². The van der Waals surface area contributed by atoms with Crippen LogP contribution in [0, 0.1) is 17.6 Å². The Bertz CT molecular complexity index is 776. The van der Waals surface area contributed by atoms with Crippen molar-refractivity contribution in [2.24, 2.45) is 5.92 Å². The number of nitrogens with one attached hydrogen (secondary N) is 1. The molecule has 0 spiro atoms. The van der Waals surface area contributed by atoms with Gasteiger partial charge in [-0.1, -0.05) is 19.3 Å². The maximum Gasteiger partial charge on any atom is 0.211 e. The fourth-order valence-corrected chi connectivity index (χ4v) is 3.57. The molecule has 0 atom stereocenters. The standard InChI is InChI=1S/C19H23B2F2N3O/c1-24-11-15-10-18(26(25-15)12-13-5-3-2-4-6-13)27-19(20,21)16-9-14(22)7-8-17(16)23/h7-10,13,24H,2-6,11-12H2,1H3. The van der Waals surface area contributed by atoms with Crippen LogP contribution in [0.5, 0.6) is 5.88 Å². The summed E-state index contributed by atoms with van der Waals surface area (Å²) < 4.78 is 35.2. The van der Waals surface area contributed by atoms with Crippen molar-refractivity contribution < 1.29 is 13.5 Å². The molecular formula is C19H23B2F2N3O. The first-order chi connectivity index (χ1) is 12.9. The highest BCUT2D eigenvalue weighted by Crippen LogP contribution is 2.30. The summed E-state index contributed by atoms with van der Waals surface area (Å²) in [4.78, 5) is 0. The van der Waals surface area contributed by atoms with Gasteiger partial charge in [-0.15, -0.1) is 0 Å².